The Hall–Kier alpha value is -3.16. The van der Waals surface area contributed by atoms with Gasteiger partial charge in [-0.1, -0.05) is 48.0 Å². The van der Waals surface area contributed by atoms with Gasteiger partial charge in [0.25, 0.3) is 0 Å². The maximum atomic E-state index is 13.8. The van der Waals surface area contributed by atoms with Crippen LogP contribution < -0.4 is 10.7 Å². The Morgan fingerprint density at radius 1 is 1.15 bits per heavy atom. The number of pyridine rings is 1. The van der Waals surface area contributed by atoms with Crippen LogP contribution in [0.5, 0.6) is 0 Å². The van der Waals surface area contributed by atoms with Crippen molar-refractivity contribution in [3.63, 3.8) is 0 Å². The summed E-state index contributed by atoms with van der Waals surface area (Å²) < 4.78 is 34.5. The van der Waals surface area contributed by atoms with Crippen LogP contribution in [0.3, 0.4) is 0 Å². The molecule has 0 bridgehead atoms. The molecule has 1 heterocycles. The number of benzene rings is 2. The second-order valence-electron chi connectivity index (χ2n) is 8.41. The van der Waals surface area contributed by atoms with Gasteiger partial charge in [-0.25, -0.2) is 24.2 Å². The maximum absolute atomic E-state index is 13.8. The topological polar surface area (TPSA) is 171 Å². The van der Waals surface area contributed by atoms with Crippen molar-refractivity contribution < 1.29 is 42.7 Å². The zero-order chi connectivity index (χ0) is 28.6. The Morgan fingerprint density at radius 2 is 1.87 bits per heavy atom. The highest BCUT2D eigenvalue weighted by atomic mass is 35.5. The molecule has 5 N–H and O–H groups in total. The van der Waals surface area contributed by atoms with Crippen molar-refractivity contribution in [3.05, 3.63) is 71.1 Å². The lowest BCUT2D eigenvalue weighted by Crippen LogP contribution is -2.52. The van der Waals surface area contributed by atoms with E-state index in [1.54, 1.807) is 12.3 Å². The second-order valence-corrected chi connectivity index (χ2v) is 10.0. The molecule has 0 aliphatic carbocycles. The number of hydrogen-bond donors (Lipinski definition) is 5. The van der Waals surface area contributed by atoms with E-state index in [1.807, 2.05) is 24.3 Å². The van der Waals surface area contributed by atoms with Crippen molar-refractivity contribution >= 4 is 48.0 Å². The average Bonchev–Trinajstić information content (AvgIpc) is 2.87. The van der Waals surface area contributed by atoms with Crippen LogP contribution in [0, 0.1) is 5.82 Å². The van der Waals surface area contributed by atoms with Crippen molar-refractivity contribution in [3.8, 4) is 0 Å². The maximum Gasteiger partial charge on any atom is 0.469 e. The Labute approximate surface area is 227 Å². The smallest absolute Gasteiger partial charge is 0.447 e. The predicted molar refractivity (Wildman–Crippen MR) is 140 cm³/mol. The molecule has 0 saturated heterocycles. The molecule has 210 valence electrons. The number of carbonyl (C=O) groups excluding carboxylic acids is 2. The number of aromatic nitrogens is 1. The molecular weight excluding hydrogens is 558 g/mol. The molecule has 0 fully saturated rings. The van der Waals surface area contributed by atoms with E-state index >= 15 is 0 Å². The number of ether oxygens (including phenoxy) is 1. The van der Waals surface area contributed by atoms with Gasteiger partial charge in [0, 0.05) is 31.5 Å². The van der Waals surface area contributed by atoms with Gasteiger partial charge in [-0.15, -0.1) is 0 Å². The first-order valence-electron chi connectivity index (χ1n) is 11.6. The summed E-state index contributed by atoms with van der Waals surface area (Å²) in [4.78, 5) is 46.9. The molecule has 2 atom stereocenters. The summed E-state index contributed by atoms with van der Waals surface area (Å²) in [6.45, 7) is -0.106. The van der Waals surface area contributed by atoms with E-state index in [4.69, 9.17) is 26.1 Å². The molecule has 0 aliphatic rings. The van der Waals surface area contributed by atoms with Crippen molar-refractivity contribution in [2.24, 2.45) is 0 Å². The van der Waals surface area contributed by atoms with Crippen molar-refractivity contribution in [2.75, 3.05) is 18.5 Å². The molecule has 1 aromatic heterocycles. The fraction of sp³-hybridized carbons (Fsp3) is 0.292. The van der Waals surface area contributed by atoms with Gasteiger partial charge in [0.1, 0.15) is 18.2 Å². The molecule has 15 heteroatoms. The molecule has 0 saturated carbocycles. The van der Waals surface area contributed by atoms with E-state index in [1.165, 1.54) is 25.1 Å². The number of nitrogens with zero attached hydrogens (tertiary/aromatic N) is 2. The summed E-state index contributed by atoms with van der Waals surface area (Å²) in [6.07, 6.45) is -1.10. The molecule has 12 nitrogen and oxygen atoms in total. The highest BCUT2D eigenvalue weighted by Gasteiger charge is 2.28. The first-order chi connectivity index (χ1) is 18.4. The Morgan fingerprint density at radius 3 is 2.56 bits per heavy atom. The number of hydrogen-bond acceptors (Lipinski definition) is 8. The van der Waals surface area contributed by atoms with Gasteiger partial charge in [0.2, 0.25) is 5.91 Å². The number of phosphoric acid groups is 1. The molecule has 0 aliphatic heterocycles. The highest BCUT2D eigenvalue weighted by Crippen LogP contribution is 2.36. The number of rotatable bonds is 12. The van der Waals surface area contributed by atoms with Crippen LogP contribution in [0.15, 0.2) is 54.7 Å². The summed E-state index contributed by atoms with van der Waals surface area (Å²) in [7, 11) is -4.87. The van der Waals surface area contributed by atoms with Crippen LogP contribution in [0.1, 0.15) is 18.9 Å². The van der Waals surface area contributed by atoms with E-state index in [2.05, 4.69) is 20.3 Å². The number of amides is 2. The van der Waals surface area contributed by atoms with Crippen LogP contribution in [0.25, 0.3) is 10.8 Å². The van der Waals surface area contributed by atoms with E-state index < -0.39 is 51.0 Å². The minimum absolute atomic E-state index is 0.102. The summed E-state index contributed by atoms with van der Waals surface area (Å²) in [5.41, 5.74) is 3.10. The van der Waals surface area contributed by atoms with Gasteiger partial charge < -0.3 is 19.6 Å². The number of carbonyl (C=O) groups is 2. The van der Waals surface area contributed by atoms with Crippen molar-refractivity contribution in [2.45, 2.75) is 32.0 Å². The van der Waals surface area contributed by atoms with Gasteiger partial charge in [-0.05, 0) is 23.1 Å². The highest BCUT2D eigenvalue weighted by molar-refractivity contribution is 7.46. The Balaban J connectivity index is 1.71. The zero-order valence-electron chi connectivity index (χ0n) is 20.7. The predicted octanol–water partition coefficient (Wildman–Crippen LogP) is 3.36. The lowest BCUT2D eigenvalue weighted by Gasteiger charge is -2.32. The van der Waals surface area contributed by atoms with Crippen LogP contribution in [-0.2, 0) is 25.2 Å². The minimum Gasteiger partial charge on any atom is -0.447 e. The van der Waals surface area contributed by atoms with Gasteiger partial charge in [0.05, 0.1) is 23.8 Å². The number of fused-ring (bicyclic) bond motifs is 1. The van der Waals surface area contributed by atoms with E-state index in [9.17, 15) is 23.7 Å². The molecule has 2 amide bonds. The van der Waals surface area contributed by atoms with Crippen LogP contribution in [-0.4, -0.2) is 62.2 Å². The number of aliphatic hydroxyl groups is 1. The Bertz CT molecular complexity index is 1360. The summed E-state index contributed by atoms with van der Waals surface area (Å²) in [6, 6.07) is 12.1. The van der Waals surface area contributed by atoms with Crippen molar-refractivity contribution in [1.29, 1.82) is 0 Å². The second kappa shape index (κ2) is 13.8. The number of nitrogens with one attached hydrogen (secondary N) is 2. The van der Waals surface area contributed by atoms with Gasteiger partial charge in [-0.3, -0.25) is 19.6 Å². The van der Waals surface area contributed by atoms with Crippen molar-refractivity contribution in [1.82, 2.24) is 15.4 Å². The third-order valence-corrected chi connectivity index (χ3v) is 6.33. The molecule has 39 heavy (non-hydrogen) atoms. The third kappa shape index (κ3) is 9.52. The number of aliphatic hydroxyl groups excluding tert-OH is 1. The van der Waals surface area contributed by atoms with E-state index in [-0.39, 0.29) is 23.8 Å². The monoisotopic (exact) mass is 584 g/mol. The summed E-state index contributed by atoms with van der Waals surface area (Å²) in [5, 5.41) is 15.4. The summed E-state index contributed by atoms with van der Waals surface area (Å²) >= 11 is 5.99. The lowest BCUT2D eigenvalue weighted by atomic mass is 10.1. The summed E-state index contributed by atoms with van der Waals surface area (Å²) in [5.74, 6) is -1.00. The molecule has 3 aromatic rings. The van der Waals surface area contributed by atoms with E-state index in [0.29, 0.717) is 5.56 Å². The average molecular weight is 585 g/mol. The van der Waals surface area contributed by atoms with Gasteiger partial charge in [0.15, 0.2) is 0 Å². The van der Waals surface area contributed by atoms with E-state index in [0.717, 1.165) is 15.8 Å². The first-order valence-corrected chi connectivity index (χ1v) is 13.5. The Kier molecular flexibility index (Phi) is 10.7. The van der Waals surface area contributed by atoms with Gasteiger partial charge in [-0.2, -0.15) is 0 Å². The zero-order valence-corrected chi connectivity index (χ0v) is 22.3. The van der Waals surface area contributed by atoms with Crippen LogP contribution >= 0.6 is 19.4 Å². The van der Waals surface area contributed by atoms with Crippen LogP contribution in [0.2, 0.25) is 5.02 Å². The minimum atomic E-state index is -4.87. The quantitative estimate of drug-likeness (QED) is 0.157. The first kappa shape index (κ1) is 30.4. The number of phosphoric ester groups is 1. The molecule has 2 aromatic carbocycles. The molecular formula is C24H27ClFN4O8P. The molecule has 0 spiro atoms. The molecule has 0 radical (unpaired) electrons. The lowest BCUT2D eigenvalue weighted by molar-refractivity contribution is -0.137. The number of halogens is 2. The standard InChI is InChI=1S/C24H27ClFN4O8P/c1-15(31)30(28-12-18-7-4-8-21(26)23(18)25)19(10-20(32)14-38-39(34,35)36)13-37-24(33)29-22-9-16-5-2-3-6-17(16)11-27-22/h2-9,11,19-20,28,32H,10,12-14H2,1H3,(H,27,29,33)(H2,34,35,36)/t19-,20?/m0/s1. The normalized spacial score (nSPS) is 13.1. The third-order valence-electron chi connectivity index (χ3n) is 5.42. The molecule has 3 rings (SSSR count). The number of anilines is 1. The molecule has 1 unspecified atom stereocenters. The van der Waals surface area contributed by atoms with Gasteiger partial charge >= 0.3 is 13.9 Å². The number of hydrazine groups is 1. The fourth-order valence-electron chi connectivity index (χ4n) is 3.63. The largest absolute Gasteiger partial charge is 0.469 e. The fourth-order valence-corrected chi connectivity index (χ4v) is 4.19. The SMILES string of the molecule is CC(=O)N(NCc1cccc(F)c1Cl)[C@H](COC(=O)Nc1cc2ccccc2cn1)CC(O)COP(=O)(O)O. The van der Waals surface area contributed by atoms with Crippen LogP contribution in [0.4, 0.5) is 15.0 Å².